The summed E-state index contributed by atoms with van der Waals surface area (Å²) in [7, 11) is 0. The molecule has 0 aliphatic heterocycles. The van der Waals surface area contributed by atoms with Crippen LogP contribution in [0.5, 0.6) is 0 Å². The highest BCUT2D eigenvalue weighted by molar-refractivity contribution is 4.93. The van der Waals surface area contributed by atoms with Gasteiger partial charge in [-0.05, 0) is 66.6 Å². The van der Waals surface area contributed by atoms with Crippen LogP contribution in [-0.2, 0) is 0 Å². The van der Waals surface area contributed by atoms with Crippen molar-refractivity contribution in [2.24, 2.45) is 47.3 Å². The summed E-state index contributed by atoms with van der Waals surface area (Å²) in [6.07, 6.45) is 9.19. The molecule has 0 bridgehead atoms. The van der Waals surface area contributed by atoms with Crippen LogP contribution in [0.4, 0.5) is 0 Å². The average molecular weight is 307 g/mol. The van der Waals surface area contributed by atoms with Gasteiger partial charge in [0.1, 0.15) is 0 Å². The van der Waals surface area contributed by atoms with Gasteiger partial charge in [0.15, 0.2) is 0 Å². The molecular weight excluding hydrogens is 264 g/mol. The number of rotatable bonds is 11. The summed E-state index contributed by atoms with van der Waals surface area (Å²) in [6, 6.07) is 0. The number of hydrogen-bond acceptors (Lipinski definition) is 0. The maximum absolute atomic E-state index is 4.03. The predicted molar refractivity (Wildman–Crippen MR) is 101 cm³/mol. The summed E-state index contributed by atoms with van der Waals surface area (Å²) in [5, 5.41) is 0. The summed E-state index contributed by atoms with van der Waals surface area (Å²) in [6.45, 7) is 20.9. The quantitative estimate of drug-likeness (QED) is 0.354. The van der Waals surface area contributed by atoms with E-state index in [1.165, 1.54) is 32.1 Å². The second-order valence-electron chi connectivity index (χ2n) is 8.66. The second kappa shape index (κ2) is 9.14. The maximum Gasteiger partial charge on any atom is -0.0262 e. The monoisotopic (exact) mass is 306 g/mol. The molecule has 0 saturated heterocycles. The normalized spacial score (nSPS) is 28.0. The zero-order valence-corrected chi connectivity index (χ0v) is 16.4. The molecule has 0 heteroatoms. The lowest BCUT2D eigenvalue weighted by atomic mass is 9.71. The van der Waals surface area contributed by atoms with Gasteiger partial charge in [-0.3, -0.25) is 0 Å². The van der Waals surface area contributed by atoms with E-state index in [4.69, 9.17) is 0 Å². The molecule has 1 rings (SSSR count). The predicted octanol–water partition coefficient (Wildman–Crippen LogP) is 7.21. The van der Waals surface area contributed by atoms with Crippen molar-refractivity contribution < 1.29 is 0 Å². The van der Waals surface area contributed by atoms with Crippen molar-refractivity contribution in [2.75, 3.05) is 0 Å². The van der Waals surface area contributed by atoms with Crippen molar-refractivity contribution in [3.05, 3.63) is 12.7 Å². The third-order valence-corrected chi connectivity index (χ3v) is 6.84. The fourth-order valence-electron chi connectivity index (χ4n) is 4.58. The fraction of sp³-hybridized carbons (Fsp3) is 0.909. The van der Waals surface area contributed by atoms with E-state index in [2.05, 4.69) is 61.1 Å². The van der Waals surface area contributed by atoms with Gasteiger partial charge in [-0.25, -0.2) is 0 Å². The molecule has 1 saturated carbocycles. The van der Waals surface area contributed by atoms with Gasteiger partial charge < -0.3 is 0 Å². The number of allylic oxidation sites excluding steroid dienone is 1. The van der Waals surface area contributed by atoms with Crippen LogP contribution in [0.1, 0.15) is 80.6 Å². The first-order chi connectivity index (χ1) is 10.3. The topological polar surface area (TPSA) is 0 Å². The van der Waals surface area contributed by atoms with E-state index in [0.717, 1.165) is 41.4 Å². The minimum atomic E-state index is 0.666. The molecule has 0 spiro atoms. The first-order valence-corrected chi connectivity index (χ1v) is 9.98. The van der Waals surface area contributed by atoms with Crippen LogP contribution >= 0.6 is 0 Å². The molecule has 7 atom stereocenters. The van der Waals surface area contributed by atoms with Crippen molar-refractivity contribution in [1.29, 1.82) is 0 Å². The smallest absolute Gasteiger partial charge is 0.0262 e. The first kappa shape index (κ1) is 19.8. The Morgan fingerprint density at radius 3 is 2.14 bits per heavy atom. The molecule has 22 heavy (non-hydrogen) atoms. The first-order valence-electron chi connectivity index (χ1n) is 9.98. The van der Waals surface area contributed by atoms with Crippen molar-refractivity contribution in [3.8, 4) is 0 Å². The van der Waals surface area contributed by atoms with E-state index in [1.807, 2.05) is 0 Å². The fourth-order valence-corrected chi connectivity index (χ4v) is 4.58. The molecule has 130 valence electrons. The summed E-state index contributed by atoms with van der Waals surface area (Å²) < 4.78 is 0. The molecule has 0 aromatic rings. The van der Waals surface area contributed by atoms with Gasteiger partial charge in [0, 0.05) is 0 Å². The molecule has 0 radical (unpaired) electrons. The molecule has 1 fully saturated rings. The van der Waals surface area contributed by atoms with Gasteiger partial charge >= 0.3 is 0 Å². The molecule has 0 nitrogen and oxygen atoms in total. The lowest BCUT2D eigenvalue weighted by Crippen LogP contribution is -2.27. The SMILES string of the molecule is C=CC(C)CC(CC1CC1C(C)CC)C(CC)C(C)C(C)C. The van der Waals surface area contributed by atoms with Gasteiger partial charge in [0.25, 0.3) is 0 Å². The Kier molecular flexibility index (Phi) is 8.22. The molecule has 0 aromatic carbocycles. The van der Waals surface area contributed by atoms with Gasteiger partial charge in [0.05, 0.1) is 0 Å². The Labute approximate surface area is 141 Å². The molecule has 0 aromatic heterocycles. The molecule has 0 amide bonds. The summed E-state index contributed by atoms with van der Waals surface area (Å²) in [4.78, 5) is 0. The maximum atomic E-state index is 4.03. The van der Waals surface area contributed by atoms with Gasteiger partial charge in [0.2, 0.25) is 0 Å². The highest BCUT2D eigenvalue weighted by Crippen LogP contribution is 2.51. The van der Waals surface area contributed by atoms with Gasteiger partial charge in [-0.15, -0.1) is 6.58 Å². The Balaban J connectivity index is 2.73. The molecule has 1 aliphatic rings. The zero-order valence-electron chi connectivity index (χ0n) is 16.4. The minimum Gasteiger partial charge on any atom is -0.103 e. The van der Waals surface area contributed by atoms with E-state index in [-0.39, 0.29) is 0 Å². The zero-order chi connectivity index (χ0) is 16.9. The Morgan fingerprint density at radius 1 is 1.05 bits per heavy atom. The Bertz CT molecular complexity index is 316. The van der Waals surface area contributed by atoms with E-state index in [9.17, 15) is 0 Å². The highest BCUT2D eigenvalue weighted by Gasteiger charge is 2.42. The average Bonchev–Trinajstić information content (AvgIpc) is 3.25. The minimum absolute atomic E-state index is 0.666. The summed E-state index contributed by atoms with van der Waals surface area (Å²) in [5.41, 5.74) is 0. The number of hydrogen-bond donors (Lipinski definition) is 0. The van der Waals surface area contributed by atoms with Crippen molar-refractivity contribution >= 4 is 0 Å². The largest absolute Gasteiger partial charge is 0.103 e. The van der Waals surface area contributed by atoms with Crippen LogP contribution < -0.4 is 0 Å². The molecule has 0 heterocycles. The van der Waals surface area contributed by atoms with E-state index < -0.39 is 0 Å². The van der Waals surface area contributed by atoms with E-state index >= 15 is 0 Å². The van der Waals surface area contributed by atoms with E-state index in [0.29, 0.717) is 5.92 Å². The second-order valence-corrected chi connectivity index (χ2v) is 8.66. The van der Waals surface area contributed by atoms with Crippen LogP contribution in [0.3, 0.4) is 0 Å². The van der Waals surface area contributed by atoms with Crippen molar-refractivity contribution in [2.45, 2.75) is 80.6 Å². The molecule has 1 aliphatic carbocycles. The molecule has 7 unspecified atom stereocenters. The summed E-state index contributed by atoms with van der Waals surface area (Å²) >= 11 is 0. The van der Waals surface area contributed by atoms with Crippen molar-refractivity contribution in [1.82, 2.24) is 0 Å². The van der Waals surface area contributed by atoms with Gasteiger partial charge in [-0.2, -0.15) is 0 Å². The van der Waals surface area contributed by atoms with Crippen LogP contribution in [0.15, 0.2) is 12.7 Å². The third kappa shape index (κ3) is 5.43. The van der Waals surface area contributed by atoms with Crippen LogP contribution in [0.25, 0.3) is 0 Å². The third-order valence-electron chi connectivity index (χ3n) is 6.84. The lowest BCUT2D eigenvalue weighted by Gasteiger charge is -2.35. The Morgan fingerprint density at radius 2 is 1.68 bits per heavy atom. The van der Waals surface area contributed by atoms with E-state index in [1.54, 1.807) is 0 Å². The van der Waals surface area contributed by atoms with Crippen molar-refractivity contribution in [3.63, 3.8) is 0 Å². The summed E-state index contributed by atoms with van der Waals surface area (Å²) in [5.74, 6) is 7.08. The van der Waals surface area contributed by atoms with Gasteiger partial charge in [-0.1, -0.05) is 67.4 Å². The van der Waals surface area contributed by atoms with Crippen LogP contribution in [0.2, 0.25) is 0 Å². The Hall–Kier alpha value is -0.260. The molecular formula is C22H42. The van der Waals surface area contributed by atoms with Crippen LogP contribution in [0, 0.1) is 47.3 Å². The standard InChI is InChI=1S/C22H42/c1-9-16(6)12-19(21(11-3)18(8)15(4)5)13-20-14-22(20)17(7)10-2/h9,15-22H,1,10-14H2,2-8H3. The molecule has 0 N–H and O–H groups in total. The lowest BCUT2D eigenvalue weighted by molar-refractivity contribution is 0.152. The highest BCUT2D eigenvalue weighted by atomic mass is 14.5. The van der Waals surface area contributed by atoms with Crippen LogP contribution in [-0.4, -0.2) is 0 Å².